The Labute approximate surface area is 128 Å². The molecule has 0 unspecified atom stereocenters. The van der Waals surface area contributed by atoms with Crippen molar-refractivity contribution in [1.29, 1.82) is 0 Å². The lowest BCUT2D eigenvalue weighted by Gasteiger charge is -2.11. The molecule has 2 amide bonds. The summed E-state index contributed by atoms with van der Waals surface area (Å²) in [6, 6.07) is 12.0. The molecule has 0 bridgehead atoms. The highest BCUT2D eigenvalue weighted by atomic mass is 35.5. The van der Waals surface area contributed by atoms with Gasteiger partial charge in [-0.25, -0.2) is 0 Å². The first kappa shape index (κ1) is 15.1. The van der Waals surface area contributed by atoms with Gasteiger partial charge in [0.2, 0.25) is 5.91 Å². The van der Waals surface area contributed by atoms with Gasteiger partial charge in [0.25, 0.3) is 5.91 Å². The topological polar surface area (TPSA) is 58.2 Å². The third kappa shape index (κ3) is 4.07. The quantitative estimate of drug-likeness (QED) is 0.904. The third-order valence-electron chi connectivity index (χ3n) is 2.91. The number of hydrogen-bond donors (Lipinski definition) is 2. The van der Waals surface area contributed by atoms with Gasteiger partial charge in [-0.1, -0.05) is 17.7 Å². The van der Waals surface area contributed by atoms with Gasteiger partial charge in [0.05, 0.1) is 0 Å². The molecule has 0 radical (unpaired) electrons. The maximum atomic E-state index is 12.2. The van der Waals surface area contributed by atoms with Crippen molar-refractivity contribution in [2.24, 2.45) is 0 Å². The molecule has 0 atom stereocenters. The maximum Gasteiger partial charge on any atom is 0.255 e. The molecule has 0 saturated heterocycles. The molecule has 0 spiro atoms. The summed E-state index contributed by atoms with van der Waals surface area (Å²) in [6.45, 7) is 3.32. The molecule has 2 aromatic rings. The van der Waals surface area contributed by atoms with Crippen LogP contribution in [0.15, 0.2) is 42.5 Å². The van der Waals surface area contributed by atoms with Crippen molar-refractivity contribution in [2.75, 3.05) is 10.6 Å². The summed E-state index contributed by atoms with van der Waals surface area (Å²) in [5.41, 5.74) is 2.72. The summed E-state index contributed by atoms with van der Waals surface area (Å²) in [4.78, 5) is 23.2. The van der Waals surface area contributed by atoms with E-state index in [-0.39, 0.29) is 11.8 Å². The zero-order valence-corrected chi connectivity index (χ0v) is 12.5. The van der Waals surface area contributed by atoms with E-state index < -0.39 is 0 Å². The van der Waals surface area contributed by atoms with Crippen LogP contribution in [0.5, 0.6) is 0 Å². The van der Waals surface area contributed by atoms with E-state index in [2.05, 4.69) is 10.6 Å². The van der Waals surface area contributed by atoms with Gasteiger partial charge < -0.3 is 10.6 Å². The fourth-order valence-corrected chi connectivity index (χ4v) is 1.96. The van der Waals surface area contributed by atoms with Crippen LogP contribution in [0, 0.1) is 6.92 Å². The first-order chi connectivity index (χ1) is 9.95. The van der Waals surface area contributed by atoms with Crippen LogP contribution in [0.2, 0.25) is 5.02 Å². The number of anilines is 2. The Hall–Kier alpha value is -2.33. The number of aryl methyl sites for hydroxylation is 1. The molecule has 2 N–H and O–H groups in total. The molecule has 2 rings (SSSR count). The number of nitrogens with one attached hydrogen (secondary N) is 2. The average Bonchev–Trinajstić information content (AvgIpc) is 2.42. The number of benzene rings is 2. The molecule has 0 fully saturated rings. The van der Waals surface area contributed by atoms with E-state index in [4.69, 9.17) is 11.6 Å². The Morgan fingerprint density at radius 3 is 2.29 bits per heavy atom. The molecule has 108 valence electrons. The smallest absolute Gasteiger partial charge is 0.255 e. The molecule has 0 aromatic heterocycles. The lowest BCUT2D eigenvalue weighted by atomic mass is 10.1. The van der Waals surface area contributed by atoms with Crippen LogP contribution in [0.4, 0.5) is 11.4 Å². The SMILES string of the molecule is CC(=O)Nc1ccc(C)c(NC(=O)c2ccc(Cl)cc2)c1. The zero-order valence-electron chi connectivity index (χ0n) is 11.7. The van der Waals surface area contributed by atoms with Crippen molar-refractivity contribution in [2.45, 2.75) is 13.8 Å². The largest absolute Gasteiger partial charge is 0.326 e. The second kappa shape index (κ2) is 6.41. The highest BCUT2D eigenvalue weighted by molar-refractivity contribution is 6.30. The molecule has 4 nitrogen and oxygen atoms in total. The van der Waals surface area contributed by atoms with E-state index in [0.717, 1.165) is 5.56 Å². The summed E-state index contributed by atoms with van der Waals surface area (Å²) in [6.07, 6.45) is 0. The van der Waals surface area contributed by atoms with Crippen molar-refractivity contribution < 1.29 is 9.59 Å². The van der Waals surface area contributed by atoms with E-state index in [1.165, 1.54) is 6.92 Å². The van der Waals surface area contributed by atoms with Gasteiger partial charge in [0, 0.05) is 28.9 Å². The fraction of sp³-hybridized carbons (Fsp3) is 0.125. The summed E-state index contributed by atoms with van der Waals surface area (Å²) in [5, 5.41) is 6.09. The van der Waals surface area contributed by atoms with Crippen LogP contribution >= 0.6 is 11.6 Å². The standard InChI is InChI=1S/C16H15ClN2O2/c1-10-3-8-14(18-11(2)20)9-15(10)19-16(21)12-4-6-13(17)7-5-12/h3-9H,1-2H3,(H,18,20)(H,19,21). The predicted molar refractivity (Wildman–Crippen MR) is 84.9 cm³/mol. The average molecular weight is 303 g/mol. The van der Waals surface area contributed by atoms with Crippen LogP contribution < -0.4 is 10.6 Å². The van der Waals surface area contributed by atoms with Gasteiger partial charge >= 0.3 is 0 Å². The van der Waals surface area contributed by atoms with E-state index in [9.17, 15) is 9.59 Å². The number of hydrogen-bond acceptors (Lipinski definition) is 2. The molecule has 0 aliphatic carbocycles. The summed E-state index contributed by atoms with van der Waals surface area (Å²) < 4.78 is 0. The van der Waals surface area contributed by atoms with Gasteiger partial charge in [-0.2, -0.15) is 0 Å². The number of carbonyl (C=O) groups is 2. The van der Waals surface area contributed by atoms with Crippen LogP contribution in [-0.2, 0) is 4.79 Å². The Balaban J connectivity index is 2.20. The van der Waals surface area contributed by atoms with Gasteiger partial charge in [-0.05, 0) is 48.9 Å². The van der Waals surface area contributed by atoms with E-state index >= 15 is 0 Å². The van der Waals surface area contributed by atoms with E-state index in [1.54, 1.807) is 36.4 Å². The number of amides is 2. The molecule has 21 heavy (non-hydrogen) atoms. The normalized spacial score (nSPS) is 10.0. The minimum absolute atomic E-state index is 0.158. The zero-order chi connectivity index (χ0) is 15.4. The fourth-order valence-electron chi connectivity index (χ4n) is 1.83. The van der Waals surface area contributed by atoms with E-state index in [1.807, 2.05) is 13.0 Å². The number of carbonyl (C=O) groups excluding carboxylic acids is 2. The van der Waals surface area contributed by atoms with Crippen molar-refractivity contribution >= 4 is 34.8 Å². The molecular weight excluding hydrogens is 288 g/mol. The highest BCUT2D eigenvalue weighted by Crippen LogP contribution is 2.21. The second-order valence-electron chi connectivity index (χ2n) is 4.67. The number of halogens is 1. The lowest BCUT2D eigenvalue weighted by molar-refractivity contribution is -0.114. The Kier molecular flexibility index (Phi) is 4.60. The van der Waals surface area contributed by atoms with Crippen LogP contribution in [0.3, 0.4) is 0 Å². The van der Waals surface area contributed by atoms with Crippen molar-refractivity contribution in [3.8, 4) is 0 Å². The molecule has 0 saturated carbocycles. The van der Waals surface area contributed by atoms with Crippen molar-refractivity contribution in [3.05, 3.63) is 58.6 Å². The Bertz CT molecular complexity index is 681. The van der Waals surface area contributed by atoms with E-state index in [0.29, 0.717) is 22.0 Å². The molecule has 0 heterocycles. The van der Waals surface area contributed by atoms with Crippen LogP contribution in [0.25, 0.3) is 0 Å². The monoisotopic (exact) mass is 302 g/mol. The summed E-state index contributed by atoms with van der Waals surface area (Å²) in [5.74, 6) is -0.386. The van der Waals surface area contributed by atoms with Gasteiger partial charge in [-0.15, -0.1) is 0 Å². The summed E-state index contributed by atoms with van der Waals surface area (Å²) in [7, 11) is 0. The second-order valence-corrected chi connectivity index (χ2v) is 5.11. The van der Waals surface area contributed by atoms with Gasteiger partial charge in [0.15, 0.2) is 0 Å². The van der Waals surface area contributed by atoms with Crippen LogP contribution in [-0.4, -0.2) is 11.8 Å². The molecule has 0 aliphatic heterocycles. The Morgan fingerprint density at radius 2 is 1.67 bits per heavy atom. The third-order valence-corrected chi connectivity index (χ3v) is 3.16. The van der Waals surface area contributed by atoms with Gasteiger partial charge in [-0.3, -0.25) is 9.59 Å². The first-order valence-electron chi connectivity index (χ1n) is 6.41. The van der Waals surface area contributed by atoms with Crippen molar-refractivity contribution in [1.82, 2.24) is 0 Å². The summed E-state index contributed by atoms with van der Waals surface area (Å²) >= 11 is 5.80. The van der Waals surface area contributed by atoms with Crippen LogP contribution in [0.1, 0.15) is 22.8 Å². The number of rotatable bonds is 3. The highest BCUT2D eigenvalue weighted by Gasteiger charge is 2.08. The molecule has 2 aromatic carbocycles. The maximum absolute atomic E-state index is 12.2. The molecule has 5 heteroatoms. The van der Waals surface area contributed by atoms with Crippen molar-refractivity contribution in [3.63, 3.8) is 0 Å². The lowest BCUT2D eigenvalue weighted by Crippen LogP contribution is -2.13. The Morgan fingerprint density at radius 1 is 1.00 bits per heavy atom. The molecule has 0 aliphatic rings. The minimum Gasteiger partial charge on any atom is -0.326 e. The molecular formula is C16H15ClN2O2. The van der Waals surface area contributed by atoms with Gasteiger partial charge in [0.1, 0.15) is 0 Å². The minimum atomic E-state index is -0.227. The predicted octanol–water partition coefficient (Wildman–Crippen LogP) is 3.86. The first-order valence-corrected chi connectivity index (χ1v) is 6.78.